The highest BCUT2D eigenvalue weighted by molar-refractivity contribution is 8.00. The standard InChI is InChI=1S/C27H36F2N6O2S/c1-18-15-20(22(17-21(18)33-38-14-13-36)34-9-5-26(3-4-26)6-10-34)24(37)31-23-16-19(2)30-25(32-23)35-11-7-27(28,29)8-12-35/h15-17,33,36H,3-14H2,1-2H3,(H,30,31,32,37). The van der Waals surface area contributed by atoms with Gasteiger partial charge in [-0.25, -0.2) is 13.8 Å². The van der Waals surface area contributed by atoms with Gasteiger partial charge in [0.25, 0.3) is 11.8 Å². The molecule has 2 aliphatic heterocycles. The molecule has 1 amide bonds. The van der Waals surface area contributed by atoms with Crippen molar-refractivity contribution >= 4 is 41.0 Å². The second-order valence-electron chi connectivity index (χ2n) is 10.8. The van der Waals surface area contributed by atoms with E-state index in [0.29, 0.717) is 34.2 Å². The Balaban J connectivity index is 1.38. The Morgan fingerprint density at radius 1 is 1.00 bits per heavy atom. The number of aromatic nitrogens is 2. The highest BCUT2D eigenvalue weighted by atomic mass is 32.2. The number of halogens is 2. The fraction of sp³-hybridized carbons (Fsp3) is 0.593. The fourth-order valence-corrected chi connectivity index (χ4v) is 5.87. The molecule has 8 nitrogen and oxygen atoms in total. The number of rotatable bonds is 8. The van der Waals surface area contributed by atoms with Crippen LogP contribution in [0.15, 0.2) is 18.2 Å². The Hall–Kier alpha value is -2.66. The van der Waals surface area contributed by atoms with E-state index < -0.39 is 5.92 Å². The van der Waals surface area contributed by atoms with Gasteiger partial charge < -0.3 is 24.9 Å². The van der Waals surface area contributed by atoms with Gasteiger partial charge in [0.2, 0.25) is 5.95 Å². The first-order valence-corrected chi connectivity index (χ1v) is 14.3. The molecular formula is C27H36F2N6O2S. The summed E-state index contributed by atoms with van der Waals surface area (Å²) < 4.78 is 30.6. The van der Waals surface area contributed by atoms with Crippen molar-refractivity contribution in [3.05, 3.63) is 35.0 Å². The molecule has 0 radical (unpaired) electrons. The lowest BCUT2D eigenvalue weighted by Crippen LogP contribution is -2.40. The van der Waals surface area contributed by atoms with Crippen LogP contribution in [0.5, 0.6) is 0 Å². The Morgan fingerprint density at radius 3 is 2.34 bits per heavy atom. The lowest BCUT2D eigenvalue weighted by Gasteiger charge is -2.35. The average Bonchev–Trinajstić information content (AvgIpc) is 3.63. The second-order valence-corrected chi connectivity index (χ2v) is 11.7. The topological polar surface area (TPSA) is 93.6 Å². The summed E-state index contributed by atoms with van der Waals surface area (Å²) in [5.74, 6) is -1.64. The van der Waals surface area contributed by atoms with E-state index in [1.165, 1.54) is 24.8 Å². The zero-order chi connectivity index (χ0) is 26.9. The zero-order valence-corrected chi connectivity index (χ0v) is 22.8. The summed E-state index contributed by atoms with van der Waals surface area (Å²) in [6.07, 6.45) is 4.40. The number of alkyl halides is 2. The van der Waals surface area contributed by atoms with Gasteiger partial charge in [0.15, 0.2) is 0 Å². The van der Waals surface area contributed by atoms with Crippen molar-refractivity contribution in [1.29, 1.82) is 0 Å². The molecule has 3 N–H and O–H groups in total. The van der Waals surface area contributed by atoms with Crippen molar-refractivity contribution in [2.45, 2.75) is 58.3 Å². The molecule has 3 fully saturated rings. The number of nitrogens with zero attached hydrogens (tertiary/aromatic N) is 4. The number of amides is 1. The molecule has 3 aliphatic rings. The van der Waals surface area contributed by atoms with Crippen LogP contribution in [0.2, 0.25) is 0 Å². The quantitative estimate of drug-likeness (QED) is 0.314. The van der Waals surface area contributed by atoms with Gasteiger partial charge in [0, 0.05) is 62.2 Å². The molecule has 1 saturated carbocycles. The molecule has 2 aromatic rings. The van der Waals surface area contributed by atoms with Crippen molar-refractivity contribution in [2.24, 2.45) is 5.41 Å². The first-order chi connectivity index (χ1) is 18.2. The number of aryl methyl sites for hydroxylation is 2. The van der Waals surface area contributed by atoms with Gasteiger partial charge >= 0.3 is 0 Å². The minimum absolute atomic E-state index is 0.0818. The van der Waals surface area contributed by atoms with Gasteiger partial charge in [-0.1, -0.05) is 11.9 Å². The largest absolute Gasteiger partial charge is 0.395 e. The van der Waals surface area contributed by atoms with Crippen LogP contribution >= 0.6 is 11.9 Å². The minimum Gasteiger partial charge on any atom is -0.395 e. The summed E-state index contributed by atoms with van der Waals surface area (Å²) in [4.78, 5) is 26.7. The molecule has 38 heavy (non-hydrogen) atoms. The second kappa shape index (κ2) is 10.8. The van der Waals surface area contributed by atoms with Crippen molar-refractivity contribution in [3.63, 3.8) is 0 Å². The van der Waals surface area contributed by atoms with Crippen LogP contribution in [0.25, 0.3) is 0 Å². The highest BCUT2D eigenvalue weighted by Gasteiger charge is 2.44. The maximum atomic E-state index is 13.7. The number of carbonyl (C=O) groups is 1. The number of anilines is 4. The van der Waals surface area contributed by atoms with E-state index in [0.717, 1.165) is 42.9 Å². The molecule has 5 rings (SSSR count). The molecule has 1 aliphatic carbocycles. The van der Waals surface area contributed by atoms with Gasteiger partial charge in [-0.05, 0) is 62.6 Å². The van der Waals surface area contributed by atoms with Crippen molar-refractivity contribution in [1.82, 2.24) is 9.97 Å². The molecular weight excluding hydrogens is 510 g/mol. The highest BCUT2D eigenvalue weighted by Crippen LogP contribution is 2.54. The number of aliphatic hydroxyl groups is 1. The summed E-state index contributed by atoms with van der Waals surface area (Å²) in [5, 5.41) is 12.1. The average molecular weight is 547 g/mol. The fourth-order valence-electron chi connectivity index (χ4n) is 5.30. The Labute approximate surface area is 226 Å². The van der Waals surface area contributed by atoms with Crippen LogP contribution in [0.1, 0.15) is 60.1 Å². The van der Waals surface area contributed by atoms with E-state index in [1.54, 1.807) is 17.9 Å². The molecule has 11 heteroatoms. The van der Waals surface area contributed by atoms with Crippen LogP contribution in [-0.2, 0) is 0 Å². The normalized spacial score (nSPS) is 19.9. The Kier molecular flexibility index (Phi) is 7.68. The number of hydrogen-bond acceptors (Lipinski definition) is 8. The third kappa shape index (κ3) is 6.14. The van der Waals surface area contributed by atoms with Crippen molar-refractivity contribution in [3.8, 4) is 0 Å². The summed E-state index contributed by atoms with van der Waals surface area (Å²) in [6, 6.07) is 5.63. The first-order valence-electron chi connectivity index (χ1n) is 13.4. The molecule has 0 atom stereocenters. The lowest BCUT2D eigenvalue weighted by atomic mass is 9.92. The van der Waals surface area contributed by atoms with Crippen LogP contribution in [0, 0.1) is 19.3 Å². The monoisotopic (exact) mass is 546 g/mol. The molecule has 0 bridgehead atoms. The van der Waals surface area contributed by atoms with E-state index in [4.69, 9.17) is 5.11 Å². The molecule has 0 unspecified atom stereocenters. The number of carbonyl (C=O) groups excluding carboxylic acids is 1. The van der Waals surface area contributed by atoms with Gasteiger partial charge in [0.05, 0.1) is 17.9 Å². The lowest BCUT2D eigenvalue weighted by molar-refractivity contribution is -0.0222. The maximum Gasteiger partial charge on any atom is 0.258 e. The molecule has 3 heterocycles. The zero-order valence-electron chi connectivity index (χ0n) is 22.0. The van der Waals surface area contributed by atoms with Gasteiger partial charge in [0.1, 0.15) is 5.82 Å². The predicted molar refractivity (Wildman–Crippen MR) is 149 cm³/mol. The number of nitrogens with one attached hydrogen (secondary N) is 2. The minimum atomic E-state index is -2.66. The molecule has 1 spiro atoms. The van der Waals surface area contributed by atoms with Gasteiger partial charge in [-0.3, -0.25) is 4.79 Å². The van der Waals surface area contributed by atoms with Crippen LogP contribution in [0.3, 0.4) is 0 Å². The Morgan fingerprint density at radius 2 is 1.68 bits per heavy atom. The van der Waals surface area contributed by atoms with Gasteiger partial charge in [-0.2, -0.15) is 4.98 Å². The predicted octanol–water partition coefficient (Wildman–Crippen LogP) is 5.01. The Bertz CT molecular complexity index is 1170. The van der Waals surface area contributed by atoms with E-state index in [-0.39, 0.29) is 38.4 Å². The molecule has 1 aromatic heterocycles. The summed E-state index contributed by atoms with van der Waals surface area (Å²) in [5.41, 5.74) is 4.46. The first kappa shape index (κ1) is 26.9. The number of aliphatic hydroxyl groups excluding tert-OH is 1. The molecule has 1 aromatic carbocycles. The SMILES string of the molecule is Cc1cc(NC(=O)c2cc(C)c(NSCCO)cc2N2CCC3(CC2)CC3)nc(N2CCC(F)(F)CC2)n1. The van der Waals surface area contributed by atoms with E-state index >= 15 is 0 Å². The number of piperidine rings is 2. The number of hydrogen-bond donors (Lipinski definition) is 3. The van der Waals surface area contributed by atoms with E-state index in [2.05, 4.69) is 24.9 Å². The van der Waals surface area contributed by atoms with Crippen LogP contribution in [-0.4, -0.2) is 65.4 Å². The van der Waals surface area contributed by atoms with Crippen molar-refractivity contribution in [2.75, 3.05) is 58.4 Å². The van der Waals surface area contributed by atoms with Gasteiger partial charge in [-0.15, -0.1) is 0 Å². The molecule has 2 saturated heterocycles. The van der Waals surface area contributed by atoms with E-state index in [9.17, 15) is 13.6 Å². The third-order valence-electron chi connectivity index (χ3n) is 7.95. The summed E-state index contributed by atoms with van der Waals surface area (Å²) >= 11 is 1.43. The van der Waals surface area contributed by atoms with E-state index in [1.807, 2.05) is 19.1 Å². The molecule has 206 valence electrons. The van der Waals surface area contributed by atoms with Crippen LogP contribution < -0.4 is 19.8 Å². The smallest absolute Gasteiger partial charge is 0.258 e. The summed E-state index contributed by atoms with van der Waals surface area (Å²) in [7, 11) is 0. The van der Waals surface area contributed by atoms with Crippen molar-refractivity contribution < 1.29 is 18.7 Å². The van der Waals surface area contributed by atoms with Crippen LogP contribution in [0.4, 0.5) is 31.9 Å². The third-order valence-corrected chi connectivity index (χ3v) is 8.70. The summed E-state index contributed by atoms with van der Waals surface area (Å²) in [6.45, 7) is 6.00. The number of benzene rings is 1. The maximum absolute atomic E-state index is 13.7.